The molecule has 2 atom stereocenters. The van der Waals surface area contributed by atoms with E-state index >= 15 is 0 Å². The summed E-state index contributed by atoms with van der Waals surface area (Å²) in [4.78, 5) is 0. The van der Waals surface area contributed by atoms with Crippen LogP contribution in [-0.2, 0) is 5.41 Å². The summed E-state index contributed by atoms with van der Waals surface area (Å²) >= 11 is 0. The quantitative estimate of drug-likeness (QED) is 0.569. The van der Waals surface area contributed by atoms with Crippen LogP contribution in [0.25, 0.3) is 0 Å². The Morgan fingerprint density at radius 1 is 1.67 bits per heavy atom. The Balaban J connectivity index is 2.88. The second-order valence-electron chi connectivity index (χ2n) is 4.43. The van der Waals surface area contributed by atoms with Crippen LogP contribution in [0.15, 0.2) is 18.9 Å². The Morgan fingerprint density at radius 2 is 2.33 bits per heavy atom. The van der Waals surface area contributed by atoms with E-state index in [0.717, 1.165) is 20.7 Å². The second kappa shape index (κ2) is 4.89. The monoisotopic (exact) mass is 225 g/mol. The number of hydrogen-bond acceptors (Lipinski definition) is 2. The molecule has 0 aliphatic heterocycles. The predicted octanol–water partition coefficient (Wildman–Crippen LogP) is 2.96. The van der Waals surface area contributed by atoms with Crippen molar-refractivity contribution < 1.29 is 0 Å². The molecule has 0 aliphatic carbocycles. The van der Waals surface area contributed by atoms with Gasteiger partial charge in [-0.15, -0.1) is 11.7 Å². The lowest BCUT2D eigenvalue weighted by Gasteiger charge is -2.19. The van der Waals surface area contributed by atoms with Gasteiger partial charge in [-0.05, 0) is 20.0 Å². The molecule has 0 saturated heterocycles. The highest BCUT2D eigenvalue weighted by atomic mass is 31.1. The summed E-state index contributed by atoms with van der Waals surface area (Å²) in [6.45, 7) is 12.5. The van der Waals surface area contributed by atoms with E-state index in [-0.39, 0.29) is 5.41 Å². The van der Waals surface area contributed by atoms with Crippen LogP contribution in [0, 0.1) is 0 Å². The van der Waals surface area contributed by atoms with Crippen LogP contribution in [0.5, 0.6) is 0 Å². The normalized spacial score (nSPS) is 14.7. The third-order valence-electron chi connectivity index (χ3n) is 2.67. The van der Waals surface area contributed by atoms with Crippen molar-refractivity contribution in [3.63, 3.8) is 0 Å². The molecule has 0 aromatic carbocycles. The maximum absolute atomic E-state index is 4.25. The highest BCUT2D eigenvalue weighted by molar-refractivity contribution is 7.37. The van der Waals surface area contributed by atoms with E-state index in [2.05, 4.69) is 50.5 Å². The first-order valence-electron chi connectivity index (χ1n) is 5.21. The zero-order chi connectivity index (χ0) is 11.5. The third-order valence-corrected chi connectivity index (χ3v) is 3.77. The molecule has 1 aromatic heterocycles. The lowest BCUT2D eigenvalue weighted by molar-refractivity contribution is 0.515. The molecular formula is C11H20N3P. The zero-order valence-corrected chi connectivity index (χ0v) is 11.0. The lowest BCUT2D eigenvalue weighted by atomic mass is 9.86. The van der Waals surface area contributed by atoms with Crippen molar-refractivity contribution in [3.8, 4) is 0 Å². The lowest BCUT2D eigenvalue weighted by Crippen LogP contribution is -2.16. The summed E-state index contributed by atoms with van der Waals surface area (Å²) in [6.07, 6.45) is 4.92. The molecule has 0 saturated carbocycles. The molecule has 0 spiro atoms. The van der Waals surface area contributed by atoms with E-state index in [9.17, 15) is 0 Å². The summed E-state index contributed by atoms with van der Waals surface area (Å²) in [5.74, 6) is 0.450. The first-order valence-corrected chi connectivity index (χ1v) is 6.79. The van der Waals surface area contributed by atoms with E-state index in [0.29, 0.717) is 5.78 Å². The molecule has 0 radical (unpaired) electrons. The van der Waals surface area contributed by atoms with Gasteiger partial charge in [0, 0.05) is 11.6 Å². The minimum atomic E-state index is 0.0383. The van der Waals surface area contributed by atoms with Crippen LogP contribution < -0.4 is 0 Å². The van der Waals surface area contributed by atoms with E-state index in [1.807, 2.05) is 10.8 Å². The highest BCUT2D eigenvalue weighted by Crippen LogP contribution is 2.28. The number of nitrogens with zero attached hydrogens (tertiary/aromatic N) is 3. The largest absolute Gasteiger partial charge is 0.246 e. The SMILES string of the molecule is C=CCC(C)(C)c1cn([C@H](C)PC)nn1. The molecule has 0 fully saturated rings. The molecule has 15 heavy (non-hydrogen) atoms. The Hall–Kier alpha value is -0.690. The van der Waals surface area contributed by atoms with Gasteiger partial charge in [-0.2, -0.15) is 0 Å². The van der Waals surface area contributed by atoms with Gasteiger partial charge in [0.25, 0.3) is 0 Å². The second-order valence-corrected chi connectivity index (χ2v) is 5.84. The minimum absolute atomic E-state index is 0.0383. The van der Waals surface area contributed by atoms with Crippen LogP contribution >= 0.6 is 8.58 Å². The van der Waals surface area contributed by atoms with Gasteiger partial charge in [0.15, 0.2) is 0 Å². The molecule has 3 nitrogen and oxygen atoms in total. The Morgan fingerprint density at radius 3 is 2.87 bits per heavy atom. The van der Waals surface area contributed by atoms with Gasteiger partial charge in [-0.3, -0.25) is 0 Å². The van der Waals surface area contributed by atoms with E-state index < -0.39 is 0 Å². The number of aromatic nitrogens is 3. The standard InChI is InChI=1S/C11H20N3P/c1-6-7-11(3,4)10-8-14(13-12-10)9(2)15-5/h6,8-9,15H,1,7H2,2-5H3/t9-/m0/s1. The summed E-state index contributed by atoms with van der Waals surface area (Å²) in [6, 6.07) is 0. The van der Waals surface area contributed by atoms with Crippen molar-refractivity contribution in [2.75, 3.05) is 6.66 Å². The van der Waals surface area contributed by atoms with Crippen molar-refractivity contribution in [1.82, 2.24) is 15.0 Å². The Labute approximate surface area is 93.7 Å². The smallest absolute Gasteiger partial charge is 0.0886 e. The van der Waals surface area contributed by atoms with Crippen molar-refractivity contribution in [3.05, 3.63) is 24.5 Å². The van der Waals surface area contributed by atoms with Gasteiger partial charge < -0.3 is 0 Å². The van der Waals surface area contributed by atoms with Gasteiger partial charge in [0.2, 0.25) is 0 Å². The summed E-state index contributed by atoms with van der Waals surface area (Å²) in [5, 5.41) is 8.42. The summed E-state index contributed by atoms with van der Waals surface area (Å²) in [5.41, 5.74) is 1.09. The molecule has 84 valence electrons. The van der Waals surface area contributed by atoms with Gasteiger partial charge in [0.05, 0.1) is 11.5 Å². The first-order chi connectivity index (χ1) is 7.01. The van der Waals surface area contributed by atoms with Gasteiger partial charge in [-0.25, -0.2) is 4.68 Å². The molecule has 1 aromatic rings. The van der Waals surface area contributed by atoms with Crippen LogP contribution in [0.1, 0.15) is 38.7 Å². The van der Waals surface area contributed by atoms with E-state index in [1.165, 1.54) is 0 Å². The Bertz CT molecular complexity index is 330. The number of allylic oxidation sites excluding steroid dienone is 1. The first kappa shape index (κ1) is 12.4. The topological polar surface area (TPSA) is 30.7 Å². The van der Waals surface area contributed by atoms with Crippen molar-refractivity contribution in [2.45, 2.75) is 38.4 Å². The minimum Gasteiger partial charge on any atom is -0.246 e. The zero-order valence-electron chi connectivity index (χ0n) is 9.99. The van der Waals surface area contributed by atoms with Crippen LogP contribution in [0.2, 0.25) is 0 Å². The molecule has 1 heterocycles. The third kappa shape index (κ3) is 2.88. The van der Waals surface area contributed by atoms with Crippen molar-refractivity contribution in [2.24, 2.45) is 0 Å². The summed E-state index contributed by atoms with van der Waals surface area (Å²) in [7, 11) is 0.847. The van der Waals surface area contributed by atoms with Crippen LogP contribution in [-0.4, -0.2) is 21.7 Å². The fraction of sp³-hybridized carbons (Fsp3) is 0.636. The van der Waals surface area contributed by atoms with Crippen LogP contribution in [0.3, 0.4) is 0 Å². The highest BCUT2D eigenvalue weighted by Gasteiger charge is 2.23. The van der Waals surface area contributed by atoms with Gasteiger partial charge in [0.1, 0.15) is 0 Å². The molecule has 0 N–H and O–H groups in total. The van der Waals surface area contributed by atoms with Crippen LogP contribution in [0.4, 0.5) is 0 Å². The predicted molar refractivity (Wildman–Crippen MR) is 66.8 cm³/mol. The molecule has 1 rings (SSSR count). The molecule has 0 bridgehead atoms. The van der Waals surface area contributed by atoms with E-state index in [4.69, 9.17) is 0 Å². The number of rotatable bonds is 5. The van der Waals surface area contributed by atoms with Gasteiger partial charge >= 0.3 is 0 Å². The molecular weight excluding hydrogens is 205 g/mol. The van der Waals surface area contributed by atoms with Crippen molar-refractivity contribution in [1.29, 1.82) is 0 Å². The van der Waals surface area contributed by atoms with Gasteiger partial charge in [-0.1, -0.05) is 33.7 Å². The molecule has 1 unspecified atom stereocenters. The average Bonchev–Trinajstić information content (AvgIpc) is 2.66. The summed E-state index contributed by atoms with van der Waals surface area (Å²) < 4.78 is 1.96. The maximum Gasteiger partial charge on any atom is 0.0886 e. The fourth-order valence-electron chi connectivity index (χ4n) is 1.37. The molecule has 4 heteroatoms. The number of hydrogen-bond donors (Lipinski definition) is 0. The fourth-order valence-corrected chi connectivity index (χ4v) is 1.76. The van der Waals surface area contributed by atoms with E-state index in [1.54, 1.807) is 0 Å². The molecule has 0 amide bonds. The van der Waals surface area contributed by atoms with Crippen molar-refractivity contribution >= 4 is 8.58 Å². The molecule has 0 aliphatic rings. The Kier molecular flexibility index (Phi) is 4.04. The average molecular weight is 225 g/mol. The maximum atomic E-state index is 4.25.